The van der Waals surface area contributed by atoms with Crippen LogP contribution in [0.25, 0.3) is 10.9 Å². The van der Waals surface area contributed by atoms with Crippen LogP contribution in [0.5, 0.6) is 0 Å². The summed E-state index contributed by atoms with van der Waals surface area (Å²) >= 11 is 6.05. The number of carbonyl (C=O) groups excluding carboxylic acids is 1. The number of halogens is 1. The lowest BCUT2D eigenvalue weighted by Crippen LogP contribution is -2.15. The largest absolute Gasteiger partial charge is 0.358 e. The van der Waals surface area contributed by atoms with Gasteiger partial charge in [-0.25, -0.2) is 4.98 Å². The topological polar surface area (TPSA) is 82.7 Å². The maximum atomic E-state index is 12.8. The molecule has 168 valence electrons. The standard InChI is InChI=1S/C27H22ClN5O/c1-17-25(26(23-9-2-4-13-29-23)33-24-10-3-5-14-30-24)21-16-20(11-12-22(21)31-17)32-27(34)18-7-6-8-19(28)15-18/h2-16,26,31H,1H3,(H,30,33)(H,32,34). The van der Waals surface area contributed by atoms with Gasteiger partial charge in [-0.3, -0.25) is 9.78 Å². The smallest absolute Gasteiger partial charge is 0.255 e. The molecule has 7 heteroatoms. The highest BCUT2D eigenvalue weighted by atomic mass is 35.5. The Kier molecular flexibility index (Phi) is 5.97. The first-order chi connectivity index (χ1) is 16.6. The lowest BCUT2D eigenvalue weighted by molar-refractivity contribution is 0.102. The second-order valence-corrected chi connectivity index (χ2v) is 8.37. The molecule has 0 fully saturated rings. The molecule has 0 aliphatic heterocycles. The fourth-order valence-electron chi connectivity index (χ4n) is 4.07. The summed E-state index contributed by atoms with van der Waals surface area (Å²) in [6, 6.07) is 24.1. The van der Waals surface area contributed by atoms with Gasteiger partial charge in [-0.05, 0) is 67.6 Å². The second kappa shape index (κ2) is 9.37. The molecule has 0 bridgehead atoms. The summed E-state index contributed by atoms with van der Waals surface area (Å²) in [4.78, 5) is 25.3. The number of amides is 1. The molecule has 0 aliphatic carbocycles. The molecule has 34 heavy (non-hydrogen) atoms. The average molecular weight is 468 g/mol. The van der Waals surface area contributed by atoms with Crippen LogP contribution in [0, 0.1) is 6.92 Å². The van der Waals surface area contributed by atoms with Gasteiger partial charge in [0.15, 0.2) is 0 Å². The van der Waals surface area contributed by atoms with Crippen LogP contribution in [0.1, 0.15) is 33.4 Å². The van der Waals surface area contributed by atoms with Crippen molar-refractivity contribution in [3.63, 3.8) is 0 Å². The minimum Gasteiger partial charge on any atom is -0.358 e. The van der Waals surface area contributed by atoms with Crippen LogP contribution in [0.15, 0.2) is 91.3 Å². The molecule has 2 aromatic carbocycles. The summed E-state index contributed by atoms with van der Waals surface area (Å²) in [6.45, 7) is 2.04. The Hall–Kier alpha value is -4.16. The van der Waals surface area contributed by atoms with Gasteiger partial charge in [-0.2, -0.15) is 0 Å². The molecule has 0 spiro atoms. The molecule has 0 radical (unpaired) electrons. The third-order valence-corrected chi connectivity index (χ3v) is 5.85. The van der Waals surface area contributed by atoms with E-state index >= 15 is 0 Å². The Balaban J connectivity index is 1.55. The molecule has 1 unspecified atom stereocenters. The zero-order chi connectivity index (χ0) is 23.5. The Bertz CT molecular complexity index is 1450. The van der Waals surface area contributed by atoms with E-state index in [1.54, 1.807) is 36.7 Å². The van der Waals surface area contributed by atoms with Gasteiger partial charge in [0.25, 0.3) is 5.91 Å². The molecule has 6 nitrogen and oxygen atoms in total. The third kappa shape index (κ3) is 4.49. The van der Waals surface area contributed by atoms with E-state index in [-0.39, 0.29) is 11.9 Å². The van der Waals surface area contributed by atoms with Crippen LogP contribution in [0.2, 0.25) is 5.02 Å². The first-order valence-electron chi connectivity index (χ1n) is 10.9. The van der Waals surface area contributed by atoms with Crippen molar-refractivity contribution < 1.29 is 4.79 Å². The predicted molar refractivity (Wildman–Crippen MR) is 136 cm³/mol. The van der Waals surface area contributed by atoms with E-state index in [9.17, 15) is 4.79 Å². The molecular weight excluding hydrogens is 446 g/mol. The zero-order valence-corrected chi connectivity index (χ0v) is 19.2. The van der Waals surface area contributed by atoms with Crippen molar-refractivity contribution >= 4 is 39.9 Å². The van der Waals surface area contributed by atoms with Crippen LogP contribution in [0.4, 0.5) is 11.5 Å². The average Bonchev–Trinajstić information content (AvgIpc) is 3.18. The van der Waals surface area contributed by atoms with Gasteiger partial charge in [0.2, 0.25) is 0 Å². The number of aromatic nitrogens is 3. The van der Waals surface area contributed by atoms with Gasteiger partial charge in [0.1, 0.15) is 5.82 Å². The highest BCUT2D eigenvalue weighted by Gasteiger charge is 2.23. The summed E-state index contributed by atoms with van der Waals surface area (Å²) in [5.41, 5.74) is 5.07. The second-order valence-electron chi connectivity index (χ2n) is 7.94. The normalized spacial score (nSPS) is 11.8. The maximum absolute atomic E-state index is 12.8. The Morgan fingerprint density at radius 1 is 0.941 bits per heavy atom. The van der Waals surface area contributed by atoms with Crippen molar-refractivity contribution in [2.24, 2.45) is 0 Å². The minimum absolute atomic E-state index is 0.219. The van der Waals surface area contributed by atoms with Crippen LogP contribution < -0.4 is 10.6 Å². The number of aromatic amines is 1. The van der Waals surface area contributed by atoms with Crippen LogP contribution in [-0.2, 0) is 0 Å². The zero-order valence-electron chi connectivity index (χ0n) is 18.4. The molecular formula is C27H22ClN5O. The quantitative estimate of drug-likeness (QED) is 0.271. The fraction of sp³-hybridized carbons (Fsp3) is 0.0741. The molecule has 0 saturated carbocycles. The van der Waals surface area contributed by atoms with Gasteiger partial charge < -0.3 is 15.6 Å². The maximum Gasteiger partial charge on any atom is 0.255 e. The van der Waals surface area contributed by atoms with E-state index in [4.69, 9.17) is 11.6 Å². The van der Waals surface area contributed by atoms with Crippen molar-refractivity contribution in [3.8, 4) is 0 Å². The van der Waals surface area contributed by atoms with Crippen molar-refractivity contribution in [1.82, 2.24) is 15.0 Å². The predicted octanol–water partition coefficient (Wildman–Crippen LogP) is 6.37. The number of hydrogen-bond acceptors (Lipinski definition) is 4. The summed E-state index contributed by atoms with van der Waals surface area (Å²) in [5.74, 6) is 0.529. The van der Waals surface area contributed by atoms with Gasteiger partial charge in [-0.1, -0.05) is 29.8 Å². The summed E-state index contributed by atoms with van der Waals surface area (Å²) < 4.78 is 0. The van der Waals surface area contributed by atoms with Gasteiger partial charge in [0, 0.05) is 50.8 Å². The van der Waals surface area contributed by atoms with Gasteiger partial charge in [-0.15, -0.1) is 0 Å². The molecule has 1 amide bonds. The van der Waals surface area contributed by atoms with Gasteiger partial charge >= 0.3 is 0 Å². The first-order valence-corrected chi connectivity index (χ1v) is 11.2. The highest BCUT2D eigenvalue weighted by Crippen LogP contribution is 2.35. The SMILES string of the molecule is Cc1[nH]c2ccc(NC(=O)c3cccc(Cl)c3)cc2c1C(Nc1ccccn1)c1ccccn1. The monoisotopic (exact) mass is 467 g/mol. The van der Waals surface area contributed by atoms with Crippen LogP contribution in [0.3, 0.4) is 0 Å². The summed E-state index contributed by atoms with van der Waals surface area (Å²) in [5, 5.41) is 8.02. The van der Waals surface area contributed by atoms with Crippen molar-refractivity contribution in [2.45, 2.75) is 13.0 Å². The van der Waals surface area contributed by atoms with E-state index in [2.05, 4.69) is 25.6 Å². The number of fused-ring (bicyclic) bond motifs is 1. The molecule has 5 rings (SSSR count). The lowest BCUT2D eigenvalue weighted by Gasteiger charge is -2.20. The van der Waals surface area contributed by atoms with E-state index in [0.29, 0.717) is 16.3 Å². The summed E-state index contributed by atoms with van der Waals surface area (Å²) in [7, 11) is 0. The third-order valence-electron chi connectivity index (χ3n) is 5.61. The number of pyridine rings is 2. The Morgan fingerprint density at radius 3 is 2.50 bits per heavy atom. The number of benzene rings is 2. The first kappa shape index (κ1) is 21.7. The molecule has 0 aliphatic rings. The molecule has 3 aromatic heterocycles. The number of hydrogen-bond donors (Lipinski definition) is 3. The molecule has 0 saturated heterocycles. The Morgan fingerprint density at radius 2 is 1.76 bits per heavy atom. The summed E-state index contributed by atoms with van der Waals surface area (Å²) in [6.07, 6.45) is 3.53. The van der Waals surface area contributed by atoms with Crippen molar-refractivity contribution in [2.75, 3.05) is 10.6 Å². The molecule has 3 heterocycles. The number of nitrogens with zero attached hydrogens (tertiary/aromatic N) is 2. The number of aryl methyl sites for hydroxylation is 1. The number of nitrogens with one attached hydrogen (secondary N) is 3. The molecule has 3 N–H and O–H groups in total. The molecule has 1 atom stereocenters. The number of anilines is 2. The van der Waals surface area contributed by atoms with E-state index in [0.717, 1.165) is 33.7 Å². The highest BCUT2D eigenvalue weighted by molar-refractivity contribution is 6.31. The molecule has 5 aromatic rings. The number of rotatable bonds is 6. The number of H-pyrrole nitrogens is 1. The lowest BCUT2D eigenvalue weighted by atomic mass is 9.99. The Labute approximate surface area is 202 Å². The van der Waals surface area contributed by atoms with E-state index in [1.807, 2.05) is 61.5 Å². The minimum atomic E-state index is -0.247. The van der Waals surface area contributed by atoms with Crippen molar-refractivity contribution in [1.29, 1.82) is 0 Å². The number of carbonyl (C=O) groups is 1. The fourth-order valence-corrected chi connectivity index (χ4v) is 4.26. The van der Waals surface area contributed by atoms with E-state index < -0.39 is 0 Å². The van der Waals surface area contributed by atoms with E-state index in [1.165, 1.54) is 0 Å². The van der Waals surface area contributed by atoms with Crippen molar-refractivity contribution in [3.05, 3.63) is 119 Å². The van der Waals surface area contributed by atoms with Crippen LogP contribution in [-0.4, -0.2) is 20.9 Å². The van der Waals surface area contributed by atoms with Crippen LogP contribution >= 0.6 is 11.6 Å². The van der Waals surface area contributed by atoms with Gasteiger partial charge in [0.05, 0.1) is 11.7 Å².